The van der Waals surface area contributed by atoms with Crippen LogP contribution in [-0.2, 0) is 19.1 Å². The molecule has 0 aromatic heterocycles. The number of esters is 1. The maximum absolute atomic E-state index is 11.7. The van der Waals surface area contributed by atoms with E-state index in [4.69, 9.17) is 14.6 Å². The first kappa shape index (κ1) is 17.8. The number of ether oxygens (including phenoxy) is 2. The van der Waals surface area contributed by atoms with Crippen LogP contribution in [0.4, 0.5) is 0 Å². The molecule has 1 saturated heterocycles. The molecule has 0 radical (unpaired) electrons. The van der Waals surface area contributed by atoms with Crippen LogP contribution in [0.3, 0.4) is 0 Å². The summed E-state index contributed by atoms with van der Waals surface area (Å²) in [6.45, 7) is 2.60. The molecule has 5 atom stereocenters. The minimum atomic E-state index is -1.49. The lowest BCUT2D eigenvalue weighted by Crippen LogP contribution is -2.65. The Labute approximate surface area is 123 Å². The van der Waals surface area contributed by atoms with E-state index in [-0.39, 0.29) is 6.42 Å². The Bertz CT molecular complexity index is 362. The van der Waals surface area contributed by atoms with Gasteiger partial charge in [0.25, 0.3) is 0 Å². The van der Waals surface area contributed by atoms with Crippen molar-refractivity contribution in [2.24, 2.45) is 0 Å². The molecule has 0 aliphatic carbocycles. The van der Waals surface area contributed by atoms with Crippen LogP contribution in [-0.4, -0.2) is 64.4 Å². The quantitative estimate of drug-likeness (QED) is 0.448. The van der Waals surface area contributed by atoms with Crippen molar-refractivity contribution in [3.8, 4) is 0 Å². The van der Waals surface area contributed by atoms with Gasteiger partial charge in [-0.3, -0.25) is 9.59 Å². The van der Waals surface area contributed by atoms with Crippen LogP contribution in [0.25, 0.3) is 0 Å². The summed E-state index contributed by atoms with van der Waals surface area (Å²) in [4.78, 5) is 22.9. The summed E-state index contributed by atoms with van der Waals surface area (Å²) in [5.41, 5.74) is 0. The van der Waals surface area contributed by atoms with E-state index >= 15 is 0 Å². The maximum Gasteiger partial charge on any atom is 0.306 e. The molecule has 0 aromatic carbocycles. The summed E-state index contributed by atoms with van der Waals surface area (Å²) in [7, 11) is 0. The first-order valence-electron chi connectivity index (χ1n) is 6.99. The Morgan fingerprint density at radius 1 is 1.33 bits per heavy atom. The zero-order valence-corrected chi connectivity index (χ0v) is 12.2. The van der Waals surface area contributed by atoms with E-state index in [1.807, 2.05) is 6.92 Å². The number of hydrogen-bond acceptors (Lipinski definition) is 7. The predicted molar refractivity (Wildman–Crippen MR) is 71.0 cm³/mol. The second-order valence-electron chi connectivity index (χ2n) is 5.02. The second kappa shape index (κ2) is 8.28. The highest BCUT2D eigenvalue weighted by atomic mass is 16.6. The van der Waals surface area contributed by atoms with E-state index in [0.29, 0.717) is 6.42 Å². The Morgan fingerprint density at radius 2 is 2.00 bits per heavy atom. The summed E-state index contributed by atoms with van der Waals surface area (Å²) < 4.78 is 10.2. The lowest BCUT2D eigenvalue weighted by atomic mass is 9.96. The number of rotatable bonds is 6. The van der Waals surface area contributed by atoms with Gasteiger partial charge < -0.3 is 30.1 Å². The van der Waals surface area contributed by atoms with E-state index < -0.39 is 49.1 Å². The Kier molecular flexibility index (Phi) is 7.03. The number of aliphatic hydroxyl groups excluding tert-OH is 3. The highest BCUT2D eigenvalue weighted by Crippen LogP contribution is 2.23. The van der Waals surface area contributed by atoms with Gasteiger partial charge in [-0.1, -0.05) is 13.3 Å². The molecule has 0 bridgehead atoms. The van der Waals surface area contributed by atoms with Crippen molar-refractivity contribution in [2.75, 3.05) is 6.61 Å². The number of carbonyl (C=O) groups excluding carboxylic acids is 2. The van der Waals surface area contributed by atoms with Crippen LogP contribution in [0.5, 0.6) is 0 Å². The van der Waals surface area contributed by atoms with Crippen molar-refractivity contribution in [1.82, 2.24) is 5.32 Å². The molecule has 1 aliphatic heterocycles. The molecule has 8 heteroatoms. The highest BCUT2D eigenvalue weighted by Gasteiger charge is 2.47. The number of nitrogens with one attached hydrogen (secondary N) is 1. The zero-order valence-electron chi connectivity index (χ0n) is 12.2. The number of amides is 1. The molecule has 8 nitrogen and oxygen atoms in total. The first-order chi connectivity index (χ1) is 9.90. The van der Waals surface area contributed by atoms with Crippen molar-refractivity contribution in [3.05, 3.63) is 0 Å². The van der Waals surface area contributed by atoms with Crippen LogP contribution < -0.4 is 5.32 Å². The fourth-order valence-corrected chi connectivity index (χ4v) is 2.14. The van der Waals surface area contributed by atoms with Gasteiger partial charge in [0, 0.05) is 13.3 Å². The molecule has 0 aromatic rings. The predicted octanol–water partition coefficient (Wildman–Crippen LogP) is -1.34. The van der Waals surface area contributed by atoms with E-state index in [9.17, 15) is 19.8 Å². The van der Waals surface area contributed by atoms with Gasteiger partial charge >= 0.3 is 5.97 Å². The van der Waals surface area contributed by atoms with Gasteiger partial charge in [0.15, 0.2) is 12.4 Å². The molecular formula is C13H23NO7. The summed E-state index contributed by atoms with van der Waals surface area (Å²) in [6, 6.07) is -1.09. The molecule has 0 spiro atoms. The molecular weight excluding hydrogens is 282 g/mol. The number of aliphatic hydroxyl groups is 3. The van der Waals surface area contributed by atoms with Crippen molar-refractivity contribution in [2.45, 2.75) is 63.8 Å². The smallest absolute Gasteiger partial charge is 0.306 e. The topological polar surface area (TPSA) is 125 Å². The van der Waals surface area contributed by atoms with Crippen molar-refractivity contribution in [3.63, 3.8) is 0 Å². The summed E-state index contributed by atoms with van der Waals surface area (Å²) in [5, 5.41) is 31.4. The van der Waals surface area contributed by atoms with Gasteiger partial charge in [-0.25, -0.2) is 0 Å². The molecule has 1 rings (SSSR count). The van der Waals surface area contributed by atoms with Crippen molar-refractivity contribution in [1.29, 1.82) is 0 Å². The minimum Gasteiger partial charge on any atom is -0.457 e. The summed E-state index contributed by atoms with van der Waals surface area (Å²) in [6.07, 6.45) is -3.49. The zero-order chi connectivity index (χ0) is 16.0. The average molecular weight is 305 g/mol. The second-order valence-corrected chi connectivity index (χ2v) is 5.02. The SMILES string of the molecule is CCCCC(=O)O[C@@H]1[C@H](O)[C@@H](CO)O[C@@H](O)[C@H]1NC(C)=O. The fraction of sp³-hybridized carbons (Fsp3) is 0.846. The summed E-state index contributed by atoms with van der Waals surface area (Å²) in [5.74, 6) is -1.01. The van der Waals surface area contributed by atoms with E-state index in [1.54, 1.807) is 0 Å². The number of unbranched alkanes of at least 4 members (excludes halogenated alkanes) is 1. The normalized spacial score (nSPS) is 32.5. The van der Waals surface area contributed by atoms with Crippen molar-refractivity contribution < 1.29 is 34.4 Å². The Balaban J connectivity index is 2.82. The van der Waals surface area contributed by atoms with Crippen LogP contribution in [0.1, 0.15) is 33.1 Å². The third kappa shape index (κ3) is 4.92. The summed E-state index contributed by atoms with van der Waals surface area (Å²) >= 11 is 0. The lowest BCUT2D eigenvalue weighted by Gasteiger charge is -2.41. The lowest BCUT2D eigenvalue weighted by molar-refractivity contribution is -0.258. The van der Waals surface area contributed by atoms with Crippen molar-refractivity contribution >= 4 is 11.9 Å². The maximum atomic E-state index is 11.7. The van der Waals surface area contributed by atoms with Gasteiger partial charge in [0.2, 0.25) is 5.91 Å². The van der Waals surface area contributed by atoms with E-state index in [0.717, 1.165) is 6.42 Å². The minimum absolute atomic E-state index is 0.174. The molecule has 1 heterocycles. The van der Waals surface area contributed by atoms with Crippen LogP contribution >= 0.6 is 0 Å². The molecule has 1 aliphatic rings. The standard InChI is InChI=1S/C13H23NO7/c1-3-4-5-9(17)21-12-10(14-7(2)16)13(19)20-8(6-15)11(12)18/h8,10-13,15,18-19H,3-6H2,1-2H3,(H,14,16)/t8-,10+,11-,12+,13-/m1/s1. The number of carbonyl (C=O) groups is 2. The van der Waals surface area contributed by atoms with Gasteiger partial charge in [0.1, 0.15) is 18.2 Å². The third-order valence-corrected chi connectivity index (χ3v) is 3.24. The van der Waals surface area contributed by atoms with Gasteiger partial charge in [-0.2, -0.15) is 0 Å². The largest absolute Gasteiger partial charge is 0.457 e. The molecule has 122 valence electrons. The molecule has 1 amide bonds. The van der Waals surface area contributed by atoms with Gasteiger partial charge in [-0.05, 0) is 6.42 Å². The Hall–Kier alpha value is -1.22. The van der Waals surface area contributed by atoms with E-state index in [2.05, 4.69) is 5.32 Å². The van der Waals surface area contributed by atoms with Gasteiger partial charge in [0.05, 0.1) is 6.61 Å². The van der Waals surface area contributed by atoms with E-state index in [1.165, 1.54) is 6.92 Å². The molecule has 0 saturated carbocycles. The Morgan fingerprint density at radius 3 is 2.52 bits per heavy atom. The van der Waals surface area contributed by atoms with Crippen LogP contribution in [0.2, 0.25) is 0 Å². The molecule has 4 N–H and O–H groups in total. The monoisotopic (exact) mass is 305 g/mol. The van der Waals surface area contributed by atoms with Crippen LogP contribution in [0, 0.1) is 0 Å². The molecule has 1 fully saturated rings. The average Bonchev–Trinajstić information content (AvgIpc) is 2.43. The third-order valence-electron chi connectivity index (χ3n) is 3.24. The first-order valence-corrected chi connectivity index (χ1v) is 6.99. The molecule has 21 heavy (non-hydrogen) atoms. The fourth-order valence-electron chi connectivity index (χ4n) is 2.14. The highest BCUT2D eigenvalue weighted by molar-refractivity contribution is 5.73. The molecule has 0 unspecified atom stereocenters. The van der Waals surface area contributed by atoms with Gasteiger partial charge in [-0.15, -0.1) is 0 Å². The number of hydrogen-bond donors (Lipinski definition) is 4. The van der Waals surface area contributed by atoms with Crippen LogP contribution in [0.15, 0.2) is 0 Å².